The summed E-state index contributed by atoms with van der Waals surface area (Å²) in [6, 6.07) is 0.161. The van der Waals surface area contributed by atoms with E-state index in [0.717, 1.165) is 19.3 Å². The number of nitrogens with zero attached hydrogens (tertiary/aromatic N) is 1. The lowest BCUT2D eigenvalue weighted by Crippen LogP contribution is -2.48. The van der Waals surface area contributed by atoms with Crippen LogP contribution in [0.15, 0.2) is 0 Å². The zero-order chi connectivity index (χ0) is 12.4. The van der Waals surface area contributed by atoms with Gasteiger partial charge in [-0.05, 0) is 25.2 Å². The molecule has 2 rings (SSSR count). The van der Waals surface area contributed by atoms with Crippen LogP contribution >= 0.6 is 0 Å². The molecule has 0 aromatic carbocycles. The molecule has 3 atom stereocenters. The lowest BCUT2D eigenvalue weighted by molar-refractivity contribution is -0.133. The van der Waals surface area contributed by atoms with E-state index in [1.807, 2.05) is 0 Å². The molecular formula is C12H16N2O3. The average Bonchev–Trinajstić information content (AvgIpc) is 2.94. The van der Waals surface area contributed by atoms with Crippen molar-refractivity contribution < 1.29 is 14.3 Å². The molecule has 92 valence electrons. The highest BCUT2D eigenvalue weighted by atomic mass is 16.5. The van der Waals surface area contributed by atoms with Crippen LogP contribution in [-0.4, -0.2) is 42.6 Å². The van der Waals surface area contributed by atoms with Gasteiger partial charge < -0.3 is 15.0 Å². The molecule has 17 heavy (non-hydrogen) atoms. The number of rotatable bonds is 2. The molecule has 2 bridgehead atoms. The van der Waals surface area contributed by atoms with Crippen molar-refractivity contribution in [1.82, 2.24) is 10.2 Å². The molecule has 1 aliphatic carbocycles. The summed E-state index contributed by atoms with van der Waals surface area (Å²) in [7, 11) is 1.27. The molecular weight excluding hydrogens is 220 g/mol. The number of carbonyl (C=O) groups is 2. The maximum Gasteiger partial charge on any atom is 0.407 e. The quantitative estimate of drug-likeness (QED) is 0.704. The van der Waals surface area contributed by atoms with Gasteiger partial charge in [-0.25, -0.2) is 4.79 Å². The predicted molar refractivity (Wildman–Crippen MR) is 61.0 cm³/mol. The first-order chi connectivity index (χ1) is 8.17. The fourth-order valence-corrected chi connectivity index (χ4v) is 2.87. The highest BCUT2D eigenvalue weighted by molar-refractivity contribution is 5.83. The summed E-state index contributed by atoms with van der Waals surface area (Å²) in [5.74, 6) is 3.01. The SMILES string of the molecule is C#CC1C2CCC(C2)N1C(=O)CNC(=O)OC. The van der Waals surface area contributed by atoms with E-state index >= 15 is 0 Å². The number of hydrogen-bond donors (Lipinski definition) is 1. The van der Waals surface area contributed by atoms with Crippen LogP contribution in [0.5, 0.6) is 0 Å². The van der Waals surface area contributed by atoms with Crippen LogP contribution in [0.2, 0.25) is 0 Å². The number of ether oxygens (including phenoxy) is 1. The lowest BCUT2D eigenvalue weighted by atomic mass is 9.99. The Morgan fingerprint density at radius 2 is 2.29 bits per heavy atom. The highest BCUT2D eigenvalue weighted by Gasteiger charge is 2.47. The second-order valence-electron chi connectivity index (χ2n) is 4.48. The van der Waals surface area contributed by atoms with E-state index in [2.05, 4.69) is 16.0 Å². The average molecular weight is 236 g/mol. The maximum atomic E-state index is 12.0. The number of hydrogen-bond acceptors (Lipinski definition) is 3. The molecule has 5 heteroatoms. The van der Waals surface area contributed by atoms with E-state index in [9.17, 15) is 9.59 Å². The van der Waals surface area contributed by atoms with Gasteiger partial charge >= 0.3 is 6.09 Å². The Bertz CT molecular complexity index is 374. The molecule has 0 radical (unpaired) electrons. The Morgan fingerprint density at radius 1 is 1.53 bits per heavy atom. The smallest absolute Gasteiger partial charge is 0.407 e. The molecule has 3 unspecified atom stereocenters. The van der Waals surface area contributed by atoms with Crippen molar-refractivity contribution in [3.05, 3.63) is 0 Å². The van der Waals surface area contributed by atoms with Crippen LogP contribution < -0.4 is 5.32 Å². The van der Waals surface area contributed by atoms with Gasteiger partial charge in [0.2, 0.25) is 5.91 Å². The number of nitrogens with one attached hydrogen (secondary N) is 1. The number of fused-ring (bicyclic) bond motifs is 2. The molecule has 2 aliphatic rings. The minimum Gasteiger partial charge on any atom is -0.453 e. The molecule has 0 aromatic heterocycles. The Labute approximate surface area is 100 Å². The van der Waals surface area contributed by atoms with E-state index in [-0.39, 0.29) is 24.5 Å². The van der Waals surface area contributed by atoms with E-state index in [4.69, 9.17) is 6.42 Å². The van der Waals surface area contributed by atoms with Crippen LogP contribution in [-0.2, 0) is 9.53 Å². The molecule has 1 aliphatic heterocycles. The van der Waals surface area contributed by atoms with Gasteiger partial charge in [0.05, 0.1) is 13.2 Å². The third kappa shape index (κ3) is 2.07. The van der Waals surface area contributed by atoms with Crippen LogP contribution in [0, 0.1) is 18.3 Å². The number of amides is 2. The highest BCUT2D eigenvalue weighted by Crippen LogP contribution is 2.41. The summed E-state index contributed by atoms with van der Waals surface area (Å²) in [5, 5.41) is 2.39. The van der Waals surface area contributed by atoms with Crippen molar-refractivity contribution in [2.24, 2.45) is 5.92 Å². The summed E-state index contributed by atoms with van der Waals surface area (Å²) in [5.41, 5.74) is 0. The first-order valence-corrected chi connectivity index (χ1v) is 5.76. The summed E-state index contributed by atoms with van der Waals surface area (Å²) in [6.07, 6.45) is 8.00. The second kappa shape index (κ2) is 4.66. The largest absolute Gasteiger partial charge is 0.453 e. The fraction of sp³-hybridized carbons (Fsp3) is 0.667. The minimum atomic E-state index is -0.597. The lowest BCUT2D eigenvalue weighted by Gasteiger charge is -2.32. The number of piperidine rings is 1. The maximum absolute atomic E-state index is 12.0. The topological polar surface area (TPSA) is 58.6 Å². The predicted octanol–water partition coefficient (Wildman–Crippen LogP) is 0.355. The fourth-order valence-electron chi connectivity index (χ4n) is 2.87. The van der Waals surface area contributed by atoms with Gasteiger partial charge in [0.25, 0.3) is 0 Å². The number of alkyl carbamates (subject to hydrolysis) is 1. The van der Waals surface area contributed by atoms with Crippen molar-refractivity contribution in [1.29, 1.82) is 0 Å². The monoisotopic (exact) mass is 236 g/mol. The molecule has 1 N–H and O–H groups in total. The van der Waals surface area contributed by atoms with Gasteiger partial charge in [-0.3, -0.25) is 4.79 Å². The van der Waals surface area contributed by atoms with Crippen LogP contribution in [0.1, 0.15) is 19.3 Å². The molecule has 1 heterocycles. The normalized spacial score (nSPS) is 29.9. The first kappa shape index (κ1) is 11.8. The van der Waals surface area contributed by atoms with Crippen LogP contribution in [0.25, 0.3) is 0 Å². The van der Waals surface area contributed by atoms with Gasteiger partial charge in [-0.1, -0.05) is 5.92 Å². The number of carbonyl (C=O) groups excluding carboxylic acids is 2. The Hall–Kier alpha value is -1.70. The molecule has 1 saturated heterocycles. The molecule has 0 spiro atoms. The number of likely N-dealkylation sites (tertiary alicyclic amines) is 1. The molecule has 2 amide bonds. The molecule has 0 aromatic rings. The summed E-state index contributed by atoms with van der Waals surface area (Å²) >= 11 is 0. The van der Waals surface area contributed by atoms with E-state index in [1.54, 1.807) is 4.90 Å². The van der Waals surface area contributed by atoms with E-state index < -0.39 is 6.09 Å². The summed E-state index contributed by atoms with van der Waals surface area (Å²) in [6.45, 7) is -0.0475. The first-order valence-electron chi connectivity index (χ1n) is 5.76. The molecule has 2 fully saturated rings. The van der Waals surface area contributed by atoms with Crippen molar-refractivity contribution in [2.75, 3.05) is 13.7 Å². The second-order valence-corrected chi connectivity index (χ2v) is 4.48. The zero-order valence-electron chi connectivity index (χ0n) is 9.81. The van der Waals surface area contributed by atoms with Crippen molar-refractivity contribution in [3.63, 3.8) is 0 Å². The Morgan fingerprint density at radius 3 is 2.94 bits per heavy atom. The van der Waals surface area contributed by atoms with Crippen molar-refractivity contribution in [2.45, 2.75) is 31.3 Å². The Balaban J connectivity index is 1.95. The standard InChI is InChI=1S/C12H16N2O3/c1-3-10-8-4-5-9(6-8)14(10)11(15)7-13-12(16)17-2/h1,8-10H,4-7H2,2H3,(H,13,16). The molecule has 5 nitrogen and oxygen atoms in total. The van der Waals surface area contributed by atoms with Gasteiger partial charge in [-0.2, -0.15) is 0 Å². The van der Waals surface area contributed by atoms with Gasteiger partial charge in [-0.15, -0.1) is 6.42 Å². The van der Waals surface area contributed by atoms with Crippen molar-refractivity contribution in [3.8, 4) is 12.3 Å². The van der Waals surface area contributed by atoms with Gasteiger partial charge in [0.15, 0.2) is 0 Å². The third-order valence-corrected chi connectivity index (χ3v) is 3.61. The van der Waals surface area contributed by atoms with E-state index in [1.165, 1.54) is 7.11 Å². The Kier molecular flexibility index (Phi) is 3.23. The summed E-state index contributed by atoms with van der Waals surface area (Å²) < 4.78 is 4.42. The van der Waals surface area contributed by atoms with Gasteiger partial charge in [0, 0.05) is 6.04 Å². The van der Waals surface area contributed by atoms with Crippen molar-refractivity contribution >= 4 is 12.0 Å². The minimum absolute atomic E-state index is 0.0475. The van der Waals surface area contributed by atoms with Crippen LogP contribution in [0.4, 0.5) is 4.79 Å². The zero-order valence-corrected chi connectivity index (χ0v) is 9.81. The van der Waals surface area contributed by atoms with E-state index in [0.29, 0.717) is 5.92 Å². The van der Waals surface area contributed by atoms with Crippen LogP contribution in [0.3, 0.4) is 0 Å². The number of terminal acetylenes is 1. The molecule has 1 saturated carbocycles. The number of methoxy groups -OCH3 is 1. The summed E-state index contributed by atoms with van der Waals surface area (Å²) in [4.78, 5) is 24.6. The van der Waals surface area contributed by atoms with Gasteiger partial charge in [0.1, 0.15) is 6.54 Å². The third-order valence-electron chi connectivity index (χ3n) is 3.61.